The van der Waals surface area contributed by atoms with Gasteiger partial charge in [0.25, 0.3) is 5.91 Å². The topological polar surface area (TPSA) is 90.4 Å². The van der Waals surface area contributed by atoms with Crippen molar-refractivity contribution >= 4 is 39.9 Å². The molecule has 172 valence electrons. The monoisotopic (exact) mass is 491 g/mol. The highest BCUT2D eigenvalue weighted by atomic mass is 32.2. The summed E-state index contributed by atoms with van der Waals surface area (Å²) in [4.78, 5) is 24.6. The summed E-state index contributed by atoms with van der Waals surface area (Å²) in [7, 11) is 0. The Morgan fingerprint density at radius 2 is 1.50 bits per heavy atom. The van der Waals surface area contributed by atoms with Crippen molar-refractivity contribution in [3.63, 3.8) is 0 Å². The molecule has 0 atom stereocenters. The number of aromatic nitrogens is 2. The third-order valence-corrected chi connectivity index (χ3v) is 6.49. The van der Waals surface area contributed by atoms with Crippen LogP contribution < -0.4 is 14.8 Å². The van der Waals surface area contributed by atoms with Crippen molar-refractivity contribution in [2.45, 2.75) is 10.9 Å². The third kappa shape index (κ3) is 7.16. The summed E-state index contributed by atoms with van der Waals surface area (Å²) >= 11 is 2.48. The molecule has 4 aromatic rings. The lowest BCUT2D eigenvalue weighted by molar-refractivity contribution is -0.118. The van der Waals surface area contributed by atoms with E-state index in [9.17, 15) is 9.59 Å². The molecule has 0 bridgehead atoms. The van der Waals surface area contributed by atoms with Gasteiger partial charge in [-0.25, -0.2) is 0 Å². The van der Waals surface area contributed by atoms with E-state index in [2.05, 4.69) is 15.5 Å². The molecule has 0 spiro atoms. The molecule has 0 aliphatic carbocycles. The van der Waals surface area contributed by atoms with Crippen LogP contribution in [-0.4, -0.2) is 34.2 Å². The Balaban J connectivity index is 1.20. The first-order chi connectivity index (χ1) is 16.7. The summed E-state index contributed by atoms with van der Waals surface area (Å²) in [6.07, 6.45) is 0. The molecule has 0 aliphatic heterocycles. The molecule has 0 unspecified atom stereocenters. The molecule has 4 rings (SSSR count). The van der Waals surface area contributed by atoms with Crippen LogP contribution in [0.1, 0.15) is 15.9 Å². The third-order valence-electron chi connectivity index (χ3n) is 4.52. The Hall–Kier alpha value is -3.69. The van der Waals surface area contributed by atoms with Crippen LogP contribution >= 0.6 is 23.1 Å². The van der Waals surface area contributed by atoms with E-state index >= 15 is 0 Å². The molecule has 34 heavy (non-hydrogen) atoms. The molecule has 1 heterocycles. The summed E-state index contributed by atoms with van der Waals surface area (Å²) in [6.45, 7) is 0.341. The number of carbonyl (C=O) groups is 2. The first kappa shape index (κ1) is 23.5. The van der Waals surface area contributed by atoms with Gasteiger partial charge in [0.2, 0.25) is 5.13 Å². The van der Waals surface area contributed by atoms with Crippen LogP contribution in [-0.2, 0) is 11.4 Å². The molecule has 9 heteroatoms. The van der Waals surface area contributed by atoms with Gasteiger partial charge in [0.1, 0.15) is 18.1 Å². The molecule has 0 radical (unpaired) electrons. The maximum Gasteiger partial charge on any atom is 0.264 e. The van der Waals surface area contributed by atoms with Gasteiger partial charge in [-0.15, -0.1) is 10.2 Å². The predicted molar refractivity (Wildman–Crippen MR) is 133 cm³/mol. The standard InChI is InChI=1S/C25H21N3O4S2/c29-22(19-11-13-21(14-12-19)31-15-18-7-3-1-4-8-18)17-33-25-28-27-24(34-25)26-23(30)16-32-20-9-5-2-6-10-20/h1-14H,15-17H2,(H,26,27,30). The molecule has 1 N–H and O–H groups in total. The smallest absolute Gasteiger partial charge is 0.264 e. The van der Waals surface area contributed by atoms with Gasteiger partial charge in [0, 0.05) is 5.56 Å². The van der Waals surface area contributed by atoms with Crippen LogP contribution in [0.3, 0.4) is 0 Å². The van der Waals surface area contributed by atoms with E-state index in [4.69, 9.17) is 9.47 Å². The minimum atomic E-state index is -0.331. The van der Waals surface area contributed by atoms with Gasteiger partial charge < -0.3 is 9.47 Å². The normalized spacial score (nSPS) is 10.5. The number of nitrogens with one attached hydrogen (secondary N) is 1. The van der Waals surface area contributed by atoms with Crippen LogP contribution in [0.5, 0.6) is 11.5 Å². The Morgan fingerprint density at radius 3 is 2.24 bits per heavy atom. The van der Waals surface area contributed by atoms with Gasteiger partial charge in [0.05, 0.1) is 5.75 Å². The largest absolute Gasteiger partial charge is 0.489 e. The van der Waals surface area contributed by atoms with Crippen molar-refractivity contribution < 1.29 is 19.1 Å². The molecule has 0 fully saturated rings. The maximum atomic E-state index is 12.5. The first-order valence-corrected chi connectivity index (χ1v) is 12.2. The molecule has 3 aromatic carbocycles. The molecule has 1 amide bonds. The van der Waals surface area contributed by atoms with Gasteiger partial charge in [-0.2, -0.15) is 0 Å². The molecule has 0 aliphatic rings. The number of anilines is 1. The van der Waals surface area contributed by atoms with E-state index in [1.807, 2.05) is 48.5 Å². The van der Waals surface area contributed by atoms with Crippen LogP contribution in [0.4, 0.5) is 5.13 Å². The number of rotatable bonds is 11. The van der Waals surface area contributed by atoms with Gasteiger partial charge in [-0.05, 0) is 42.0 Å². The Kier molecular flexibility index (Phi) is 8.26. The zero-order valence-corrected chi connectivity index (χ0v) is 19.7. The van der Waals surface area contributed by atoms with E-state index in [-0.39, 0.29) is 24.1 Å². The highest BCUT2D eigenvalue weighted by Gasteiger charge is 2.12. The summed E-state index contributed by atoms with van der Waals surface area (Å²) in [5.74, 6) is 1.16. The molecular weight excluding hydrogens is 470 g/mol. The van der Waals surface area contributed by atoms with Gasteiger partial charge in [-0.1, -0.05) is 71.6 Å². The van der Waals surface area contributed by atoms with Crippen molar-refractivity contribution in [2.24, 2.45) is 0 Å². The first-order valence-electron chi connectivity index (χ1n) is 10.4. The molecule has 0 saturated heterocycles. The summed E-state index contributed by atoms with van der Waals surface area (Å²) in [6, 6.07) is 26.0. The summed E-state index contributed by atoms with van der Waals surface area (Å²) < 4.78 is 11.8. The zero-order chi connectivity index (χ0) is 23.6. The average molecular weight is 492 g/mol. The number of benzene rings is 3. The zero-order valence-electron chi connectivity index (χ0n) is 18.0. The Morgan fingerprint density at radius 1 is 0.824 bits per heavy atom. The lowest BCUT2D eigenvalue weighted by Crippen LogP contribution is -2.20. The van der Waals surface area contributed by atoms with E-state index in [0.29, 0.717) is 33.1 Å². The minimum absolute atomic E-state index is 0.0309. The van der Waals surface area contributed by atoms with Gasteiger partial charge in [-0.3, -0.25) is 14.9 Å². The lowest BCUT2D eigenvalue weighted by Gasteiger charge is -2.07. The SMILES string of the molecule is O=C(COc1ccccc1)Nc1nnc(SCC(=O)c2ccc(OCc3ccccc3)cc2)s1. The number of ether oxygens (including phenoxy) is 2. The second kappa shape index (κ2) is 12.0. The van der Waals surface area contributed by atoms with Gasteiger partial charge >= 0.3 is 0 Å². The highest BCUT2D eigenvalue weighted by molar-refractivity contribution is 8.01. The number of carbonyl (C=O) groups excluding carboxylic acids is 2. The number of Topliss-reactive ketones (excluding diaryl/α,β-unsaturated/α-hetero) is 1. The van der Waals surface area contributed by atoms with E-state index in [1.165, 1.54) is 23.1 Å². The van der Waals surface area contributed by atoms with E-state index < -0.39 is 0 Å². The van der Waals surface area contributed by atoms with E-state index in [1.54, 1.807) is 36.4 Å². The number of amides is 1. The average Bonchev–Trinajstić information content (AvgIpc) is 3.33. The number of thioether (sulfide) groups is 1. The Labute approximate surface area is 205 Å². The van der Waals surface area contributed by atoms with Crippen molar-refractivity contribution in [3.8, 4) is 11.5 Å². The lowest BCUT2D eigenvalue weighted by atomic mass is 10.1. The number of hydrogen-bond donors (Lipinski definition) is 1. The fraction of sp³-hybridized carbons (Fsp3) is 0.120. The Bertz CT molecular complexity index is 1220. The molecule has 0 saturated carbocycles. The molecule has 1 aromatic heterocycles. The van der Waals surface area contributed by atoms with Crippen molar-refractivity contribution in [2.75, 3.05) is 17.7 Å². The van der Waals surface area contributed by atoms with Crippen molar-refractivity contribution in [3.05, 3.63) is 96.1 Å². The quantitative estimate of drug-likeness (QED) is 0.177. The number of ketones is 1. The van der Waals surface area contributed by atoms with Crippen molar-refractivity contribution in [1.29, 1.82) is 0 Å². The van der Waals surface area contributed by atoms with Crippen molar-refractivity contribution in [1.82, 2.24) is 10.2 Å². The maximum absolute atomic E-state index is 12.5. The van der Waals surface area contributed by atoms with Crippen LogP contribution in [0.2, 0.25) is 0 Å². The second-order valence-electron chi connectivity index (χ2n) is 7.03. The summed E-state index contributed by atoms with van der Waals surface area (Å²) in [5, 5.41) is 11.0. The van der Waals surface area contributed by atoms with Gasteiger partial charge in [0.15, 0.2) is 16.7 Å². The van der Waals surface area contributed by atoms with Crippen LogP contribution in [0, 0.1) is 0 Å². The fourth-order valence-electron chi connectivity index (χ4n) is 2.83. The fourth-order valence-corrected chi connectivity index (χ4v) is 4.49. The number of hydrogen-bond acceptors (Lipinski definition) is 8. The number of nitrogens with zero attached hydrogens (tertiary/aromatic N) is 2. The summed E-state index contributed by atoms with van der Waals surface area (Å²) in [5.41, 5.74) is 1.67. The molecule has 7 nitrogen and oxygen atoms in total. The second-order valence-corrected chi connectivity index (χ2v) is 9.23. The highest BCUT2D eigenvalue weighted by Crippen LogP contribution is 2.26. The minimum Gasteiger partial charge on any atom is -0.489 e. The van der Waals surface area contributed by atoms with Crippen LogP contribution in [0.15, 0.2) is 89.3 Å². The van der Waals surface area contributed by atoms with E-state index in [0.717, 1.165) is 5.56 Å². The number of para-hydroxylation sites is 1. The molecular formula is C25H21N3O4S2. The van der Waals surface area contributed by atoms with Crippen LogP contribution in [0.25, 0.3) is 0 Å². The predicted octanol–water partition coefficient (Wildman–Crippen LogP) is 5.11.